The number of piperidine rings is 1. The topological polar surface area (TPSA) is 79.3 Å². The molecule has 2 amide bonds. The van der Waals surface area contributed by atoms with Gasteiger partial charge in [0.1, 0.15) is 11.5 Å². The molecule has 2 aliphatic rings. The molecule has 7 nitrogen and oxygen atoms in total. The van der Waals surface area contributed by atoms with Crippen molar-refractivity contribution in [3.63, 3.8) is 0 Å². The average Bonchev–Trinajstić information content (AvgIpc) is 2.91. The molecule has 1 heterocycles. The zero-order chi connectivity index (χ0) is 28.3. The van der Waals surface area contributed by atoms with Gasteiger partial charge in [-0.15, -0.1) is 0 Å². The van der Waals surface area contributed by atoms with Crippen molar-refractivity contribution < 1.29 is 33.0 Å². The van der Waals surface area contributed by atoms with Gasteiger partial charge in [0, 0.05) is 32.7 Å². The Bertz CT molecular complexity index is 1180. The summed E-state index contributed by atoms with van der Waals surface area (Å²) in [4.78, 5) is 28.1. The number of carbonyl (C=O) groups excluding carboxylic acids is 2. The first-order valence-corrected chi connectivity index (χ1v) is 13.5. The van der Waals surface area contributed by atoms with Crippen LogP contribution in [0.3, 0.4) is 0 Å². The second-order valence-corrected chi connectivity index (χ2v) is 11.1. The monoisotopic (exact) mass is 564 g/mol. The SMILES string of the molecule is COc1cccc([C@](O)(C(=O)N2CCC(C[C@H]3C[C@@H](Oc4ccc(C(=O)N(C)C)c(Cl)c4)C3)CC2)C(F)F)c1. The normalized spacial score (nSPS) is 21.2. The molecule has 39 heavy (non-hydrogen) atoms. The highest BCUT2D eigenvalue weighted by molar-refractivity contribution is 6.34. The van der Waals surface area contributed by atoms with Gasteiger partial charge in [0.15, 0.2) is 0 Å². The van der Waals surface area contributed by atoms with Gasteiger partial charge in [-0.2, -0.15) is 0 Å². The summed E-state index contributed by atoms with van der Waals surface area (Å²) in [7, 11) is 4.74. The number of alkyl halides is 2. The lowest BCUT2D eigenvalue weighted by Gasteiger charge is -2.41. The van der Waals surface area contributed by atoms with Gasteiger partial charge in [-0.25, -0.2) is 8.78 Å². The van der Waals surface area contributed by atoms with Crippen LogP contribution in [0.1, 0.15) is 48.0 Å². The highest BCUT2D eigenvalue weighted by atomic mass is 35.5. The standard InChI is InChI=1S/C29H35ClF2N2O5/c1-33(2)26(35)24-8-7-22(17-25(24)30)39-23-14-19(15-23)13-18-9-11-34(12-10-18)28(36)29(37,27(31)32)20-5-4-6-21(16-20)38-3/h4-8,16-19,23,27,37H,9-15H2,1-3H3/t19-,23+,29-/m1/s1. The molecular formula is C29H35ClF2N2O5. The molecular weight excluding hydrogens is 530 g/mol. The Hall–Kier alpha value is -2.91. The summed E-state index contributed by atoms with van der Waals surface area (Å²) in [5.74, 6) is 0.651. The van der Waals surface area contributed by atoms with E-state index >= 15 is 0 Å². The van der Waals surface area contributed by atoms with Crippen LogP contribution in [0, 0.1) is 11.8 Å². The number of benzene rings is 2. The van der Waals surface area contributed by atoms with Crippen molar-refractivity contribution in [3.8, 4) is 11.5 Å². The van der Waals surface area contributed by atoms with Crippen molar-refractivity contribution in [2.45, 2.75) is 50.2 Å². The van der Waals surface area contributed by atoms with E-state index in [2.05, 4.69) is 0 Å². The van der Waals surface area contributed by atoms with Gasteiger partial charge in [-0.1, -0.05) is 23.7 Å². The summed E-state index contributed by atoms with van der Waals surface area (Å²) in [6, 6.07) is 10.7. The van der Waals surface area contributed by atoms with Crippen molar-refractivity contribution in [3.05, 3.63) is 58.6 Å². The molecule has 10 heteroatoms. The van der Waals surface area contributed by atoms with Crippen molar-refractivity contribution in [2.24, 2.45) is 11.8 Å². The molecule has 1 saturated heterocycles. The Balaban J connectivity index is 1.25. The maximum absolute atomic E-state index is 14.0. The van der Waals surface area contributed by atoms with Crippen LogP contribution in [-0.4, -0.2) is 73.5 Å². The summed E-state index contributed by atoms with van der Waals surface area (Å²) in [5, 5.41) is 11.2. The lowest BCUT2D eigenvalue weighted by atomic mass is 9.74. The number of rotatable bonds is 9. The highest BCUT2D eigenvalue weighted by Gasteiger charge is 2.50. The van der Waals surface area contributed by atoms with Crippen molar-refractivity contribution in [1.82, 2.24) is 9.80 Å². The molecule has 0 bridgehead atoms. The van der Waals surface area contributed by atoms with Crippen molar-refractivity contribution in [1.29, 1.82) is 0 Å². The molecule has 1 aliphatic heterocycles. The number of hydrogen-bond acceptors (Lipinski definition) is 5. The van der Waals surface area contributed by atoms with Crippen molar-refractivity contribution >= 4 is 23.4 Å². The summed E-state index contributed by atoms with van der Waals surface area (Å²) in [6.45, 7) is 0.650. The molecule has 0 unspecified atom stereocenters. The average molecular weight is 565 g/mol. The Morgan fingerprint density at radius 3 is 2.38 bits per heavy atom. The smallest absolute Gasteiger partial charge is 0.280 e. The fourth-order valence-corrected chi connectivity index (χ4v) is 5.68. The largest absolute Gasteiger partial charge is 0.497 e. The van der Waals surface area contributed by atoms with Gasteiger partial charge < -0.3 is 24.4 Å². The molecule has 1 N–H and O–H groups in total. The molecule has 0 aromatic heterocycles. The van der Waals surface area contributed by atoms with E-state index in [0.717, 1.165) is 19.3 Å². The Labute approximate surface area is 232 Å². The van der Waals surface area contributed by atoms with Crippen LogP contribution in [0.4, 0.5) is 8.78 Å². The van der Waals surface area contributed by atoms with Gasteiger partial charge in [0.2, 0.25) is 5.60 Å². The molecule has 0 radical (unpaired) electrons. The number of ether oxygens (including phenoxy) is 2. The summed E-state index contributed by atoms with van der Waals surface area (Å²) in [5.41, 5.74) is -2.66. The number of amides is 2. The Morgan fingerprint density at radius 1 is 1.10 bits per heavy atom. The fourth-order valence-electron chi connectivity index (χ4n) is 5.43. The second kappa shape index (κ2) is 12.1. The molecule has 0 spiro atoms. The van der Waals surface area contributed by atoms with Crippen LogP contribution in [0.15, 0.2) is 42.5 Å². The van der Waals surface area contributed by atoms with Crippen LogP contribution in [0.25, 0.3) is 0 Å². The maximum Gasteiger partial charge on any atom is 0.280 e. The first-order valence-electron chi connectivity index (χ1n) is 13.1. The van der Waals surface area contributed by atoms with E-state index in [1.165, 1.54) is 35.1 Å². The highest BCUT2D eigenvalue weighted by Crippen LogP contribution is 2.40. The third-order valence-electron chi connectivity index (χ3n) is 7.79. The molecule has 1 saturated carbocycles. The molecule has 2 aromatic rings. The first kappa shape index (κ1) is 29.1. The number of nitrogens with zero attached hydrogens (tertiary/aromatic N) is 2. The molecule has 212 valence electrons. The third kappa shape index (κ3) is 6.30. The van der Waals surface area contributed by atoms with Crippen molar-refractivity contribution in [2.75, 3.05) is 34.3 Å². The van der Waals surface area contributed by atoms with Crippen LogP contribution >= 0.6 is 11.6 Å². The fraction of sp³-hybridized carbons (Fsp3) is 0.517. The van der Waals surface area contributed by atoms with Crippen LogP contribution < -0.4 is 9.47 Å². The minimum absolute atomic E-state index is 0.0760. The number of likely N-dealkylation sites (tertiary alicyclic amines) is 1. The van der Waals surface area contributed by atoms with E-state index in [9.17, 15) is 23.5 Å². The zero-order valence-electron chi connectivity index (χ0n) is 22.4. The van der Waals surface area contributed by atoms with E-state index in [4.69, 9.17) is 21.1 Å². The van der Waals surface area contributed by atoms with Gasteiger partial charge in [-0.3, -0.25) is 9.59 Å². The van der Waals surface area contributed by atoms with Gasteiger partial charge in [-0.05, 0) is 74.3 Å². The molecule has 4 rings (SSSR count). The Morgan fingerprint density at radius 2 is 1.79 bits per heavy atom. The lowest BCUT2D eigenvalue weighted by molar-refractivity contribution is -0.173. The minimum atomic E-state index is -3.28. The van der Waals surface area contributed by atoms with Gasteiger partial charge >= 0.3 is 0 Å². The maximum atomic E-state index is 14.0. The first-order chi connectivity index (χ1) is 18.5. The van der Waals surface area contributed by atoms with Gasteiger partial charge in [0.05, 0.1) is 23.8 Å². The summed E-state index contributed by atoms with van der Waals surface area (Å²) in [6.07, 6.45) is 0.971. The quantitative estimate of drug-likeness (QED) is 0.464. The minimum Gasteiger partial charge on any atom is -0.497 e. The number of halogens is 3. The van der Waals surface area contributed by atoms with Crippen LogP contribution in [-0.2, 0) is 10.4 Å². The number of methoxy groups -OCH3 is 1. The van der Waals surface area contributed by atoms with E-state index in [1.807, 2.05) is 0 Å². The Kier molecular flexibility index (Phi) is 9.01. The summed E-state index contributed by atoms with van der Waals surface area (Å²) >= 11 is 6.28. The van der Waals surface area contributed by atoms with E-state index < -0.39 is 17.9 Å². The van der Waals surface area contributed by atoms with Crippen LogP contribution in [0.2, 0.25) is 5.02 Å². The predicted octanol–water partition coefficient (Wildman–Crippen LogP) is 4.99. The third-order valence-corrected chi connectivity index (χ3v) is 8.11. The van der Waals surface area contributed by atoms with E-state index in [-0.39, 0.29) is 17.6 Å². The van der Waals surface area contributed by atoms with E-state index in [0.29, 0.717) is 59.9 Å². The number of hydrogen-bond donors (Lipinski definition) is 1. The second-order valence-electron chi connectivity index (χ2n) is 10.7. The molecule has 2 aromatic carbocycles. The molecule has 2 fully saturated rings. The van der Waals surface area contributed by atoms with Gasteiger partial charge in [0.25, 0.3) is 18.2 Å². The summed E-state index contributed by atoms with van der Waals surface area (Å²) < 4.78 is 39.2. The predicted molar refractivity (Wildman–Crippen MR) is 143 cm³/mol. The lowest BCUT2D eigenvalue weighted by Crippen LogP contribution is -2.53. The zero-order valence-corrected chi connectivity index (χ0v) is 23.2. The number of carbonyl (C=O) groups is 2. The molecule has 1 aliphatic carbocycles. The molecule has 1 atom stereocenters. The van der Waals surface area contributed by atoms with E-state index in [1.54, 1.807) is 38.4 Å². The number of aliphatic hydroxyl groups is 1. The van der Waals surface area contributed by atoms with Crippen LogP contribution in [0.5, 0.6) is 11.5 Å².